The summed E-state index contributed by atoms with van der Waals surface area (Å²) < 4.78 is 28.9. The molecule has 33 heavy (non-hydrogen) atoms. The first-order chi connectivity index (χ1) is 15.7. The van der Waals surface area contributed by atoms with E-state index in [-0.39, 0.29) is 4.90 Å². The molecule has 0 amide bonds. The van der Waals surface area contributed by atoms with E-state index in [4.69, 9.17) is 11.6 Å². The molecule has 0 spiro atoms. The maximum absolute atomic E-state index is 13.1. The summed E-state index contributed by atoms with van der Waals surface area (Å²) in [4.78, 5) is 4.30. The molecule has 3 unspecified atom stereocenters. The number of rotatable bonds is 5. The molecule has 3 aromatic carbocycles. The van der Waals surface area contributed by atoms with Crippen LogP contribution in [0.3, 0.4) is 0 Å². The topological polar surface area (TPSA) is 72.9 Å². The molecular formula is C25H28ClN3O3S. The van der Waals surface area contributed by atoms with Gasteiger partial charge in [0.15, 0.2) is 0 Å². The van der Waals surface area contributed by atoms with Crippen molar-refractivity contribution in [3.8, 4) is 0 Å². The Kier molecular flexibility index (Phi) is 5.87. The second kappa shape index (κ2) is 8.56. The molecule has 1 fully saturated rings. The quantitative estimate of drug-likeness (QED) is 0.573. The smallest absolute Gasteiger partial charge is 0.240 e. The second-order valence-corrected chi connectivity index (χ2v) is 11.3. The highest BCUT2D eigenvalue weighted by Crippen LogP contribution is 2.37. The van der Waals surface area contributed by atoms with Crippen molar-refractivity contribution in [3.63, 3.8) is 0 Å². The van der Waals surface area contributed by atoms with Crippen molar-refractivity contribution < 1.29 is 13.5 Å². The maximum atomic E-state index is 13.1. The van der Waals surface area contributed by atoms with Crippen molar-refractivity contribution in [1.29, 1.82) is 0 Å². The molecular weight excluding hydrogens is 458 g/mol. The molecule has 0 aromatic heterocycles. The first-order valence-electron chi connectivity index (χ1n) is 11.2. The van der Waals surface area contributed by atoms with Crippen molar-refractivity contribution in [2.45, 2.75) is 42.5 Å². The van der Waals surface area contributed by atoms with Crippen LogP contribution >= 0.6 is 11.6 Å². The van der Waals surface area contributed by atoms with Crippen LogP contribution in [-0.2, 0) is 16.4 Å². The van der Waals surface area contributed by atoms with Gasteiger partial charge in [-0.25, -0.2) is 13.1 Å². The number of sulfonamides is 1. The van der Waals surface area contributed by atoms with Crippen molar-refractivity contribution in [2.24, 2.45) is 0 Å². The molecule has 1 heterocycles. The number of nitrogens with zero attached hydrogens (tertiary/aromatic N) is 2. The minimum Gasteiger partial charge on any atom is -0.372 e. The van der Waals surface area contributed by atoms with Crippen LogP contribution in [0.1, 0.15) is 30.0 Å². The number of aliphatic hydroxyl groups excluding tert-OH is 1. The molecule has 0 radical (unpaired) electrons. The molecule has 1 aliphatic carbocycles. The zero-order valence-corrected chi connectivity index (χ0v) is 20.3. The molecule has 1 saturated heterocycles. The van der Waals surface area contributed by atoms with E-state index in [9.17, 15) is 13.5 Å². The van der Waals surface area contributed by atoms with Gasteiger partial charge in [0.1, 0.15) is 6.23 Å². The summed E-state index contributed by atoms with van der Waals surface area (Å²) in [5, 5.41) is 13.3. The Hall–Kier alpha value is -2.16. The van der Waals surface area contributed by atoms with Crippen LogP contribution in [0, 0.1) is 0 Å². The van der Waals surface area contributed by atoms with Crippen molar-refractivity contribution in [3.05, 3.63) is 70.7 Å². The van der Waals surface area contributed by atoms with Crippen LogP contribution in [0.4, 0.5) is 5.69 Å². The number of hydrogen-bond donors (Lipinski definition) is 2. The Morgan fingerprint density at radius 2 is 1.79 bits per heavy atom. The summed E-state index contributed by atoms with van der Waals surface area (Å²) in [6.07, 6.45) is 1.71. The van der Waals surface area contributed by atoms with Gasteiger partial charge in [0.2, 0.25) is 10.0 Å². The first-order valence-corrected chi connectivity index (χ1v) is 13.0. The maximum Gasteiger partial charge on any atom is 0.240 e. The Labute approximate surface area is 199 Å². The number of benzene rings is 3. The lowest BCUT2D eigenvalue weighted by Crippen LogP contribution is -2.44. The zero-order chi connectivity index (χ0) is 23.3. The van der Waals surface area contributed by atoms with E-state index in [0.717, 1.165) is 29.3 Å². The van der Waals surface area contributed by atoms with Crippen molar-refractivity contribution in [1.82, 2.24) is 9.62 Å². The third-order valence-electron chi connectivity index (χ3n) is 6.88. The van der Waals surface area contributed by atoms with Gasteiger partial charge in [0.05, 0.1) is 10.9 Å². The lowest BCUT2D eigenvalue weighted by molar-refractivity contribution is 0.161. The molecule has 1 aliphatic heterocycles. The van der Waals surface area contributed by atoms with Gasteiger partial charge >= 0.3 is 0 Å². The molecule has 8 heteroatoms. The van der Waals surface area contributed by atoms with E-state index in [2.05, 4.69) is 35.9 Å². The number of aliphatic hydroxyl groups is 1. The number of halogens is 1. The lowest BCUT2D eigenvalue weighted by atomic mass is 10.1. The largest absolute Gasteiger partial charge is 0.372 e. The van der Waals surface area contributed by atoms with Crippen LogP contribution in [0.2, 0.25) is 5.02 Å². The molecule has 6 nitrogen and oxygen atoms in total. The summed E-state index contributed by atoms with van der Waals surface area (Å²) in [5.74, 6) is 0. The van der Waals surface area contributed by atoms with Gasteiger partial charge < -0.3 is 14.9 Å². The van der Waals surface area contributed by atoms with Crippen LogP contribution in [-0.4, -0.2) is 51.3 Å². The van der Waals surface area contributed by atoms with Gasteiger partial charge in [-0.1, -0.05) is 29.8 Å². The molecule has 0 saturated carbocycles. The summed E-state index contributed by atoms with van der Waals surface area (Å²) >= 11 is 6.03. The van der Waals surface area contributed by atoms with Gasteiger partial charge in [-0.2, -0.15) is 0 Å². The molecule has 3 atom stereocenters. The molecule has 174 valence electrons. The second-order valence-electron chi connectivity index (χ2n) is 9.18. The predicted octanol–water partition coefficient (Wildman–Crippen LogP) is 3.92. The van der Waals surface area contributed by atoms with Gasteiger partial charge in [0.25, 0.3) is 0 Å². The van der Waals surface area contributed by atoms with Crippen LogP contribution in [0.15, 0.2) is 59.5 Å². The van der Waals surface area contributed by atoms with Crippen LogP contribution in [0.25, 0.3) is 10.8 Å². The normalized spacial score (nSPS) is 22.9. The summed E-state index contributed by atoms with van der Waals surface area (Å²) in [5.41, 5.74) is 3.58. The molecule has 2 aliphatic rings. The predicted molar refractivity (Wildman–Crippen MR) is 132 cm³/mol. The Balaban J connectivity index is 1.33. The Morgan fingerprint density at radius 1 is 1.03 bits per heavy atom. The van der Waals surface area contributed by atoms with Gasteiger partial charge in [-0.05, 0) is 91.7 Å². The highest BCUT2D eigenvalue weighted by Gasteiger charge is 2.36. The summed E-state index contributed by atoms with van der Waals surface area (Å²) in [6.45, 7) is 0.584. The number of hydrogen-bond acceptors (Lipinski definition) is 5. The van der Waals surface area contributed by atoms with E-state index in [1.165, 1.54) is 11.1 Å². The third-order valence-corrected chi connectivity index (χ3v) is 8.60. The van der Waals surface area contributed by atoms with E-state index in [1.54, 1.807) is 36.4 Å². The van der Waals surface area contributed by atoms with Crippen molar-refractivity contribution in [2.75, 3.05) is 25.5 Å². The highest BCUT2D eigenvalue weighted by atomic mass is 35.5. The number of anilines is 1. The molecule has 3 aromatic rings. The Morgan fingerprint density at radius 3 is 2.58 bits per heavy atom. The third kappa shape index (κ3) is 4.24. The average Bonchev–Trinajstić information content (AvgIpc) is 3.36. The van der Waals surface area contributed by atoms with Crippen LogP contribution in [0.5, 0.6) is 0 Å². The molecule has 0 bridgehead atoms. The molecule has 2 N–H and O–H groups in total. The van der Waals surface area contributed by atoms with E-state index >= 15 is 0 Å². The fourth-order valence-corrected chi connectivity index (χ4v) is 6.59. The number of aryl methyl sites for hydroxylation is 1. The number of nitrogens with one attached hydrogen (secondary N) is 1. The standard InChI is InChI=1S/C25H28ClN3O3S/c1-28(2)24-10-5-18-14-20(7-9-22(18)24)29-12-11-23(25(29)30)27-33(31,32)21-8-4-16-13-19(26)6-3-17(16)15-21/h3-4,6-9,13-15,23-25,27,30H,5,10-12H2,1-2H3. The minimum absolute atomic E-state index is 0.176. The molecule has 5 rings (SSSR count). The van der Waals surface area contributed by atoms with E-state index in [0.29, 0.717) is 24.0 Å². The Bertz CT molecular complexity index is 1310. The monoisotopic (exact) mass is 485 g/mol. The summed E-state index contributed by atoms with van der Waals surface area (Å²) in [7, 11) is 0.408. The van der Waals surface area contributed by atoms with Crippen molar-refractivity contribution >= 4 is 38.1 Å². The summed E-state index contributed by atoms with van der Waals surface area (Å²) in [6, 6.07) is 16.5. The van der Waals surface area contributed by atoms with Crippen LogP contribution < -0.4 is 9.62 Å². The zero-order valence-electron chi connectivity index (χ0n) is 18.7. The number of fused-ring (bicyclic) bond motifs is 2. The van der Waals surface area contributed by atoms with Gasteiger partial charge in [0, 0.05) is 23.3 Å². The van der Waals surface area contributed by atoms with E-state index < -0.39 is 22.3 Å². The fraction of sp³-hybridized carbons (Fsp3) is 0.360. The van der Waals surface area contributed by atoms with Gasteiger partial charge in [-0.15, -0.1) is 0 Å². The minimum atomic E-state index is -3.79. The van der Waals surface area contributed by atoms with Gasteiger partial charge in [-0.3, -0.25) is 0 Å². The fourth-order valence-electron chi connectivity index (χ4n) is 5.10. The highest BCUT2D eigenvalue weighted by molar-refractivity contribution is 7.89. The SMILES string of the molecule is CN(C)C1CCc2cc(N3CCC(NS(=O)(=O)c4ccc5cc(Cl)ccc5c4)C3O)ccc21. The lowest BCUT2D eigenvalue weighted by Gasteiger charge is -2.27. The first kappa shape index (κ1) is 22.6. The van der Waals surface area contributed by atoms with E-state index in [1.807, 2.05) is 11.0 Å². The average molecular weight is 486 g/mol.